The number of nitriles is 1. The van der Waals surface area contributed by atoms with Crippen molar-refractivity contribution in [1.82, 2.24) is 13.8 Å². The minimum absolute atomic E-state index is 0.195. The zero-order chi connectivity index (χ0) is 23.3. The van der Waals surface area contributed by atoms with E-state index in [-0.39, 0.29) is 29.9 Å². The quantitative estimate of drug-likeness (QED) is 0.395. The van der Waals surface area contributed by atoms with E-state index in [1.165, 1.54) is 11.6 Å². The highest BCUT2D eigenvalue weighted by molar-refractivity contribution is 7.44. The Hall–Kier alpha value is -1.56. The molecule has 9 nitrogen and oxygen atoms in total. The Kier molecular flexibility index (Phi) is 9.41. The molecule has 1 aliphatic rings. The van der Waals surface area contributed by atoms with Gasteiger partial charge in [-0.1, -0.05) is 6.92 Å². The van der Waals surface area contributed by atoms with Crippen LogP contribution in [0.3, 0.4) is 0 Å². The number of ether oxygens (including phenoxy) is 1. The summed E-state index contributed by atoms with van der Waals surface area (Å²) in [5, 5.41) is 8.90. The van der Waals surface area contributed by atoms with Crippen LogP contribution < -0.4 is 11.2 Å². The maximum Gasteiger partial charge on any atom is 0.332 e. The molecule has 0 bridgehead atoms. The fourth-order valence-electron chi connectivity index (χ4n) is 3.80. The molecule has 10 heteroatoms. The topological polar surface area (TPSA) is 98.7 Å². The van der Waals surface area contributed by atoms with E-state index in [9.17, 15) is 9.59 Å². The molecule has 174 valence electrons. The monoisotopic (exact) mass is 454 g/mol. The highest BCUT2D eigenvalue weighted by atomic mass is 31.2. The molecule has 1 aromatic heterocycles. The van der Waals surface area contributed by atoms with Crippen molar-refractivity contribution in [2.45, 2.75) is 91.3 Å². The van der Waals surface area contributed by atoms with Crippen LogP contribution >= 0.6 is 8.53 Å². The van der Waals surface area contributed by atoms with E-state index < -0.39 is 20.4 Å². The maximum atomic E-state index is 12.7. The molecule has 0 aliphatic carbocycles. The van der Waals surface area contributed by atoms with Crippen LogP contribution in [0.15, 0.2) is 15.8 Å². The van der Waals surface area contributed by atoms with Gasteiger partial charge >= 0.3 is 5.69 Å². The first-order valence-corrected chi connectivity index (χ1v) is 11.9. The zero-order valence-electron chi connectivity index (χ0n) is 19.6. The molecule has 0 amide bonds. The number of hydrogen-bond donors (Lipinski definition) is 0. The van der Waals surface area contributed by atoms with Gasteiger partial charge in [-0.05, 0) is 41.0 Å². The second-order valence-corrected chi connectivity index (χ2v) is 9.74. The highest BCUT2D eigenvalue weighted by Gasteiger charge is 2.40. The molecule has 2 unspecified atom stereocenters. The second-order valence-electron chi connectivity index (χ2n) is 8.33. The maximum absolute atomic E-state index is 12.7. The smallest absolute Gasteiger partial charge is 0.332 e. The van der Waals surface area contributed by atoms with Gasteiger partial charge in [-0.3, -0.25) is 13.9 Å². The summed E-state index contributed by atoms with van der Waals surface area (Å²) < 4.78 is 23.4. The SMILES string of the molecule is CC[C@H]1O[C@@H](n2cc(C)c(=O)n(C)c2=O)CC1OP(OCCC#N)N(C(C)C)C(C)C. The Balaban J connectivity index is 2.28. The summed E-state index contributed by atoms with van der Waals surface area (Å²) in [6.45, 7) is 12.3. The first-order valence-electron chi connectivity index (χ1n) is 10.8. The van der Waals surface area contributed by atoms with Crippen molar-refractivity contribution in [2.24, 2.45) is 7.05 Å². The van der Waals surface area contributed by atoms with E-state index in [4.69, 9.17) is 19.0 Å². The van der Waals surface area contributed by atoms with Gasteiger partial charge in [0.25, 0.3) is 14.1 Å². The van der Waals surface area contributed by atoms with E-state index in [0.29, 0.717) is 31.4 Å². The van der Waals surface area contributed by atoms with Gasteiger partial charge in [0.1, 0.15) is 6.23 Å². The van der Waals surface area contributed by atoms with Gasteiger partial charge in [-0.2, -0.15) is 5.26 Å². The van der Waals surface area contributed by atoms with E-state index in [0.717, 1.165) is 4.57 Å². The number of aryl methyl sites for hydroxylation is 1. The van der Waals surface area contributed by atoms with Crippen molar-refractivity contribution >= 4 is 8.53 Å². The predicted molar refractivity (Wildman–Crippen MR) is 120 cm³/mol. The first-order chi connectivity index (χ1) is 14.6. The number of nitrogens with zero attached hydrogens (tertiary/aromatic N) is 4. The third-order valence-electron chi connectivity index (χ3n) is 5.26. The summed E-state index contributed by atoms with van der Waals surface area (Å²) in [5.41, 5.74) is -0.233. The van der Waals surface area contributed by atoms with Crippen molar-refractivity contribution in [3.05, 3.63) is 32.6 Å². The average Bonchev–Trinajstić information content (AvgIpc) is 3.11. The largest absolute Gasteiger partial charge is 0.352 e. The van der Waals surface area contributed by atoms with Gasteiger partial charge < -0.3 is 13.8 Å². The van der Waals surface area contributed by atoms with Crippen molar-refractivity contribution in [3.63, 3.8) is 0 Å². The third-order valence-corrected chi connectivity index (χ3v) is 7.42. The lowest BCUT2D eigenvalue weighted by molar-refractivity contribution is -0.0206. The van der Waals surface area contributed by atoms with Gasteiger partial charge in [0.2, 0.25) is 0 Å². The lowest BCUT2D eigenvalue weighted by Crippen LogP contribution is -2.40. The molecule has 0 radical (unpaired) electrons. The van der Waals surface area contributed by atoms with E-state index >= 15 is 0 Å². The van der Waals surface area contributed by atoms with Crippen molar-refractivity contribution < 1.29 is 13.8 Å². The van der Waals surface area contributed by atoms with Crippen LogP contribution in [0.1, 0.15) is 65.7 Å². The highest BCUT2D eigenvalue weighted by Crippen LogP contribution is 2.50. The molecule has 0 spiro atoms. The fourth-order valence-corrected chi connectivity index (χ4v) is 5.56. The molecule has 4 atom stereocenters. The summed E-state index contributed by atoms with van der Waals surface area (Å²) in [6, 6.07) is 2.49. The van der Waals surface area contributed by atoms with Gasteiger partial charge in [0, 0.05) is 37.3 Å². The lowest BCUT2D eigenvalue weighted by atomic mass is 10.1. The Labute approximate surface area is 185 Å². The molecule has 31 heavy (non-hydrogen) atoms. The van der Waals surface area contributed by atoms with Crippen LogP contribution in [-0.2, 0) is 20.8 Å². The second kappa shape index (κ2) is 11.3. The molecular formula is C21H35N4O5P. The zero-order valence-corrected chi connectivity index (χ0v) is 20.5. The van der Waals surface area contributed by atoms with Crippen molar-refractivity contribution in [1.29, 1.82) is 5.26 Å². The van der Waals surface area contributed by atoms with E-state index in [1.807, 2.05) is 6.92 Å². The van der Waals surface area contributed by atoms with E-state index in [2.05, 4.69) is 38.4 Å². The van der Waals surface area contributed by atoms with Crippen molar-refractivity contribution in [3.8, 4) is 6.07 Å². The van der Waals surface area contributed by atoms with Gasteiger partial charge in [-0.25, -0.2) is 9.46 Å². The minimum atomic E-state index is -1.41. The molecule has 0 aromatic carbocycles. The molecule has 2 heterocycles. The Morgan fingerprint density at radius 3 is 2.52 bits per heavy atom. The predicted octanol–water partition coefficient (Wildman–Crippen LogP) is 3.21. The van der Waals surface area contributed by atoms with Gasteiger partial charge in [-0.15, -0.1) is 0 Å². The average molecular weight is 455 g/mol. The summed E-state index contributed by atoms with van der Waals surface area (Å²) in [7, 11) is 0.0605. The molecule has 1 fully saturated rings. The summed E-state index contributed by atoms with van der Waals surface area (Å²) >= 11 is 0. The first kappa shape index (κ1) is 25.7. The normalized spacial score (nSPS) is 22.4. The summed E-state index contributed by atoms with van der Waals surface area (Å²) in [4.78, 5) is 24.7. The van der Waals surface area contributed by atoms with Gasteiger partial charge in [0.05, 0.1) is 31.3 Å². The molecule has 1 aliphatic heterocycles. The summed E-state index contributed by atoms with van der Waals surface area (Å²) in [5.74, 6) is 0. The Morgan fingerprint density at radius 1 is 1.32 bits per heavy atom. The van der Waals surface area contributed by atoms with Crippen LogP contribution in [0.5, 0.6) is 0 Å². The number of hydrogen-bond acceptors (Lipinski definition) is 7. The van der Waals surface area contributed by atoms with E-state index in [1.54, 1.807) is 13.1 Å². The molecule has 1 saturated heterocycles. The minimum Gasteiger partial charge on any atom is -0.352 e. The number of rotatable bonds is 10. The van der Waals surface area contributed by atoms with Crippen LogP contribution in [0.25, 0.3) is 0 Å². The number of aromatic nitrogens is 2. The van der Waals surface area contributed by atoms with Crippen LogP contribution in [-0.4, -0.2) is 44.7 Å². The lowest BCUT2D eigenvalue weighted by Gasteiger charge is -2.37. The standard InChI is InChI=1S/C21H35N4O5P/c1-8-17-18(30-31(28-11-9-10-22)25(14(2)3)15(4)5)12-19(29-17)24-13-16(6)20(26)23(7)21(24)27/h13-15,17-19H,8-9,11-12H2,1-7H3/t17-,18?,19-,31?/m1/s1. The fraction of sp³-hybridized carbons (Fsp3) is 0.762. The van der Waals surface area contributed by atoms with Crippen LogP contribution in [0, 0.1) is 18.3 Å². The van der Waals surface area contributed by atoms with Gasteiger partial charge in [0.15, 0.2) is 0 Å². The molecule has 0 N–H and O–H groups in total. The molecule has 2 rings (SSSR count). The molecule has 0 saturated carbocycles. The molecule has 1 aromatic rings. The summed E-state index contributed by atoms with van der Waals surface area (Å²) in [6.07, 6.45) is 2.04. The Bertz CT molecular complexity index is 883. The van der Waals surface area contributed by atoms with Crippen molar-refractivity contribution in [2.75, 3.05) is 6.61 Å². The van der Waals surface area contributed by atoms with Crippen LogP contribution in [0.2, 0.25) is 0 Å². The molecular weight excluding hydrogens is 419 g/mol. The Morgan fingerprint density at radius 2 is 1.97 bits per heavy atom. The van der Waals surface area contributed by atoms with Crippen LogP contribution in [0.4, 0.5) is 0 Å². The third kappa shape index (κ3) is 6.03.